The second kappa shape index (κ2) is 8.97. The van der Waals surface area contributed by atoms with E-state index in [0.717, 1.165) is 0 Å². The Balaban J connectivity index is 0. The molecule has 0 aliphatic carbocycles. The molecule has 26 valence electrons. The first kappa shape index (κ1) is 9.52. The van der Waals surface area contributed by atoms with E-state index in [1.807, 2.05) is 0 Å². The zero-order chi connectivity index (χ0) is 3.41. The van der Waals surface area contributed by atoms with Gasteiger partial charge < -0.3 is 5.26 Å². The Labute approximate surface area is 57.0 Å². The summed E-state index contributed by atoms with van der Waals surface area (Å²) in [5.41, 5.74) is 0. The molecule has 0 aromatic heterocycles. The summed E-state index contributed by atoms with van der Waals surface area (Å²) in [5, 5.41) is 11.2. The first-order valence-corrected chi connectivity index (χ1v) is 0.881. The van der Waals surface area contributed by atoms with E-state index in [1.54, 1.807) is 0 Å². The molecule has 0 heterocycles. The van der Waals surface area contributed by atoms with Gasteiger partial charge in [0.05, 0.1) is 0 Å². The van der Waals surface area contributed by atoms with Crippen molar-refractivity contribution in [2.75, 3.05) is 0 Å². The van der Waals surface area contributed by atoms with Crippen LogP contribution in [0.2, 0.25) is 0 Å². The van der Waals surface area contributed by atoms with Gasteiger partial charge in [-0.25, -0.2) is 0 Å². The SMILES string of the molecule is [Na+].[O-]OOS. The van der Waals surface area contributed by atoms with Crippen LogP contribution in [0.15, 0.2) is 0 Å². The van der Waals surface area contributed by atoms with E-state index < -0.39 is 0 Å². The van der Waals surface area contributed by atoms with Crippen molar-refractivity contribution in [1.82, 2.24) is 0 Å². The quantitative estimate of drug-likeness (QED) is 0.121. The normalized spacial score (nSPS) is 6.00. The zero-order valence-electron chi connectivity index (χ0n) is 2.67. The topological polar surface area (TPSA) is 41.5 Å². The van der Waals surface area contributed by atoms with Crippen LogP contribution in [0.1, 0.15) is 0 Å². The zero-order valence-corrected chi connectivity index (χ0v) is 5.57. The molecule has 0 saturated carbocycles. The van der Waals surface area contributed by atoms with E-state index >= 15 is 0 Å². The summed E-state index contributed by atoms with van der Waals surface area (Å²) >= 11 is 2.89. The first-order valence-electron chi connectivity index (χ1n) is 0.516. The van der Waals surface area contributed by atoms with Crippen molar-refractivity contribution in [1.29, 1.82) is 0 Å². The molecular formula is HNaO3S. The monoisotopic (exact) mass is 104 g/mol. The molecule has 0 rings (SSSR count). The van der Waals surface area contributed by atoms with Gasteiger partial charge in [-0.2, -0.15) is 4.33 Å². The maximum Gasteiger partial charge on any atom is 1.00 e. The molecule has 3 nitrogen and oxygen atoms in total. The van der Waals surface area contributed by atoms with E-state index in [-0.39, 0.29) is 29.6 Å². The molecule has 0 aliphatic rings. The fourth-order valence-corrected chi connectivity index (χ4v) is 0. The predicted octanol–water partition coefficient (Wildman–Crippen LogP) is -3.94. The second-order valence-corrected chi connectivity index (χ2v) is 0.292. The van der Waals surface area contributed by atoms with Crippen LogP contribution < -0.4 is 34.8 Å². The van der Waals surface area contributed by atoms with Crippen LogP contribution in [0.4, 0.5) is 0 Å². The van der Waals surface area contributed by atoms with Crippen molar-refractivity contribution < 1.29 is 44.2 Å². The first-order chi connectivity index (χ1) is 1.91. The number of hydrogen-bond donors (Lipinski definition) is 1. The minimum atomic E-state index is 0. The Morgan fingerprint density at radius 2 is 1.80 bits per heavy atom. The molecule has 5 heavy (non-hydrogen) atoms. The van der Waals surface area contributed by atoms with E-state index in [2.05, 4.69) is 22.3 Å². The van der Waals surface area contributed by atoms with Crippen LogP contribution in [0, 0.1) is 0 Å². The molecule has 0 N–H and O–H groups in total. The number of rotatable bonds is 1. The molecule has 0 radical (unpaired) electrons. The molecule has 0 unspecified atom stereocenters. The van der Waals surface area contributed by atoms with Crippen LogP contribution in [0.25, 0.3) is 0 Å². The molecule has 0 spiro atoms. The van der Waals surface area contributed by atoms with Crippen LogP contribution in [-0.2, 0) is 9.37 Å². The molecular weight excluding hydrogens is 103 g/mol. The third kappa shape index (κ3) is 11.0. The fraction of sp³-hybridized carbons (Fsp3) is 0. The van der Waals surface area contributed by atoms with Crippen molar-refractivity contribution in [3.05, 3.63) is 0 Å². The van der Waals surface area contributed by atoms with Gasteiger partial charge in [0.25, 0.3) is 0 Å². The van der Waals surface area contributed by atoms with E-state index in [1.165, 1.54) is 0 Å². The van der Waals surface area contributed by atoms with Crippen molar-refractivity contribution in [2.45, 2.75) is 0 Å². The van der Waals surface area contributed by atoms with Crippen LogP contribution in [0.5, 0.6) is 0 Å². The minimum absolute atomic E-state index is 0. The summed E-state index contributed by atoms with van der Waals surface area (Å²) in [6.45, 7) is 0. The van der Waals surface area contributed by atoms with Crippen molar-refractivity contribution in [3.8, 4) is 0 Å². The third-order valence-corrected chi connectivity index (χ3v) is 0.0913. The van der Waals surface area contributed by atoms with Crippen LogP contribution in [-0.4, -0.2) is 0 Å². The van der Waals surface area contributed by atoms with Crippen LogP contribution >= 0.6 is 12.9 Å². The third-order valence-electron chi connectivity index (χ3n) is 0.0304. The van der Waals surface area contributed by atoms with Crippen molar-refractivity contribution in [2.24, 2.45) is 0 Å². The summed E-state index contributed by atoms with van der Waals surface area (Å²) in [6, 6.07) is 0. The largest absolute Gasteiger partial charge is 1.00 e. The summed E-state index contributed by atoms with van der Waals surface area (Å²) in [6.07, 6.45) is 0. The van der Waals surface area contributed by atoms with Gasteiger partial charge in [0.2, 0.25) is 0 Å². The maximum atomic E-state index is 8.50. The molecule has 0 bridgehead atoms. The van der Waals surface area contributed by atoms with Crippen molar-refractivity contribution in [3.63, 3.8) is 0 Å². The molecule has 5 heteroatoms. The Morgan fingerprint density at radius 3 is 1.80 bits per heavy atom. The average molecular weight is 104 g/mol. The second-order valence-electron chi connectivity index (χ2n) is 0.143. The van der Waals surface area contributed by atoms with Gasteiger partial charge >= 0.3 is 29.6 Å². The van der Waals surface area contributed by atoms with Gasteiger partial charge in [0.15, 0.2) is 0 Å². The molecule has 0 amide bonds. The Kier molecular flexibility index (Phi) is 17.1. The van der Waals surface area contributed by atoms with E-state index in [0.29, 0.717) is 0 Å². The van der Waals surface area contributed by atoms with Gasteiger partial charge in [-0.1, -0.05) is 0 Å². The Hall–Kier alpha value is 1.23. The minimum Gasteiger partial charge on any atom is -0.691 e. The molecule has 0 aliphatic heterocycles. The van der Waals surface area contributed by atoms with E-state index in [9.17, 15) is 0 Å². The van der Waals surface area contributed by atoms with Gasteiger partial charge in [-0.3, -0.25) is 5.04 Å². The van der Waals surface area contributed by atoms with Gasteiger partial charge in [0, 0.05) is 12.9 Å². The fourth-order valence-electron chi connectivity index (χ4n) is 0. The predicted molar refractivity (Wildman–Crippen MR) is 11.2 cm³/mol. The number of hydrogen-bond acceptors (Lipinski definition) is 4. The molecule has 0 atom stereocenters. The standard InChI is InChI=1S/Na.H2O3S/c;1-2-3-4/h;1,4H/q+1;/p-1. The maximum absolute atomic E-state index is 8.50. The summed E-state index contributed by atoms with van der Waals surface area (Å²) in [7, 11) is 0. The van der Waals surface area contributed by atoms with Gasteiger partial charge in [0.1, 0.15) is 0 Å². The van der Waals surface area contributed by atoms with Gasteiger partial charge in [-0.15, -0.1) is 0 Å². The molecule has 0 saturated heterocycles. The Morgan fingerprint density at radius 1 is 1.60 bits per heavy atom. The summed E-state index contributed by atoms with van der Waals surface area (Å²) in [4.78, 5) is 0. The molecule has 0 aromatic carbocycles. The number of thiol groups is 1. The van der Waals surface area contributed by atoms with Crippen LogP contribution in [0.3, 0.4) is 0 Å². The van der Waals surface area contributed by atoms with Gasteiger partial charge in [-0.05, 0) is 0 Å². The summed E-state index contributed by atoms with van der Waals surface area (Å²) < 4.78 is 3.18. The van der Waals surface area contributed by atoms with Crippen molar-refractivity contribution >= 4 is 12.9 Å². The summed E-state index contributed by atoms with van der Waals surface area (Å²) in [5.74, 6) is 0. The van der Waals surface area contributed by atoms with E-state index in [4.69, 9.17) is 5.26 Å². The molecule has 0 aromatic rings. The molecule has 0 fully saturated rings. The smallest absolute Gasteiger partial charge is 0.691 e. The Bertz CT molecular complexity index is 8.85. The average Bonchev–Trinajstić information content (AvgIpc) is 1.37.